The normalized spacial score (nSPS) is 10.1. The number of halogens is 2. The van der Waals surface area contributed by atoms with Crippen molar-refractivity contribution < 1.29 is 9.53 Å². The minimum Gasteiger partial charge on any atom is -0.462 e. The predicted octanol–water partition coefficient (Wildman–Crippen LogP) is 2.46. The number of nitrogen functional groups attached to an aromatic ring is 1. The van der Waals surface area contributed by atoms with Crippen LogP contribution in [0.1, 0.15) is 22.8 Å². The van der Waals surface area contributed by atoms with E-state index in [1.54, 1.807) is 13.8 Å². The molecule has 15 heavy (non-hydrogen) atoms. The number of ether oxygens (including phenoxy) is 1. The van der Waals surface area contributed by atoms with Gasteiger partial charge in [0.2, 0.25) is 0 Å². The number of hydrogen-bond donors (Lipinski definition) is 1. The lowest BCUT2D eigenvalue weighted by molar-refractivity contribution is 0.0525. The minimum absolute atomic E-state index is 0.00477. The van der Waals surface area contributed by atoms with Gasteiger partial charge in [0.15, 0.2) is 5.15 Å². The summed E-state index contributed by atoms with van der Waals surface area (Å²) >= 11 is 11.5. The van der Waals surface area contributed by atoms with Gasteiger partial charge in [0.25, 0.3) is 0 Å². The summed E-state index contributed by atoms with van der Waals surface area (Å²) in [5.74, 6) is -0.545. The Kier molecular flexibility index (Phi) is 3.77. The number of carbonyl (C=O) groups excluding carboxylic acids is 1. The lowest BCUT2D eigenvalue weighted by Gasteiger charge is -2.10. The van der Waals surface area contributed by atoms with E-state index in [9.17, 15) is 4.79 Å². The molecule has 2 N–H and O–H groups in total. The van der Waals surface area contributed by atoms with Crippen molar-refractivity contribution in [2.75, 3.05) is 12.3 Å². The van der Waals surface area contributed by atoms with Crippen molar-refractivity contribution in [3.05, 3.63) is 21.4 Å². The zero-order valence-corrected chi connectivity index (χ0v) is 9.82. The third-order valence-corrected chi connectivity index (χ3v) is 2.45. The molecule has 6 heteroatoms. The van der Waals surface area contributed by atoms with E-state index < -0.39 is 5.97 Å². The van der Waals surface area contributed by atoms with Gasteiger partial charge in [0.05, 0.1) is 12.3 Å². The van der Waals surface area contributed by atoms with Gasteiger partial charge in [-0.15, -0.1) is 0 Å². The number of esters is 1. The van der Waals surface area contributed by atoms with Gasteiger partial charge in [-0.1, -0.05) is 23.2 Å². The van der Waals surface area contributed by atoms with Crippen LogP contribution in [0.15, 0.2) is 0 Å². The third kappa shape index (κ3) is 2.33. The van der Waals surface area contributed by atoms with Gasteiger partial charge in [-0.25, -0.2) is 9.78 Å². The monoisotopic (exact) mass is 248 g/mol. The Morgan fingerprint density at radius 3 is 2.60 bits per heavy atom. The van der Waals surface area contributed by atoms with Crippen LogP contribution in [-0.4, -0.2) is 17.6 Å². The molecule has 0 saturated carbocycles. The van der Waals surface area contributed by atoms with Crippen LogP contribution in [-0.2, 0) is 4.74 Å². The molecule has 0 bridgehead atoms. The van der Waals surface area contributed by atoms with Gasteiger partial charge >= 0.3 is 5.97 Å². The third-order valence-electron chi connectivity index (χ3n) is 1.88. The number of aromatic nitrogens is 1. The Morgan fingerprint density at radius 2 is 2.07 bits per heavy atom. The second kappa shape index (κ2) is 4.68. The van der Waals surface area contributed by atoms with Crippen LogP contribution in [0, 0.1) is 6.92 Å². The number of nitrogens with zero attached hydrogens (tertiary/aromatic N) is 1. The van der Waals surface area contributed by atoms with Crippen molar-refractivity contribution in [2.24, 2.45) is 0 Å². The molecule has 0 spiro atoms. The first-order chi connectivity index (χ1) is 6.99. The number of anilines is 1. The number of carbonyl (C=O) groups is 1. The molecule has 0 fully saturated rings. The summed E-state index contributed by atoms with van der Waals surface area (Å²) in [5.41, 5.74) is 6.52. The molecule has 82 valence electrons. The predicted molar refractivity (Wildman–Crippen MR) is 59.4 cm³/mol. The van der Waals surface area contributed by atoms with E-state index in [0.29, 0.717) is 5.56 Å². The molecular formula is C9H10Cl2N2O2. The quantitative estimate of drug-likeness (QED) is 0.645. The molecular weight excluding hydrogens is 239 g/mol. The number of hydrogen-bond acceptors (Lipinski definition) is 4. The first-order valence-corrected chi connectivity index (χ1v) is 5.02. The van der Waals surface area contributed by atoms with Gasteiger partial charge in [0.1, 0.15) is 10.7 Å². The molecule has 1 rings (SSSR count). The van der Waals surface area contributed by atoms with Gasteiger partial charge in [-0.05, 0) is 19.4 Å². The number of pyridine rings is 1. The zero-order chi connectivity index (χ0) is 11.6. The second-order valence-corrected chi connectivity index (χ2v) is 3.54. The average molecular weight is 249 g/mol. The maximum absolute atomic E-state index is 11.5. The van der Waals surface area contributed by atoms with E-state index in [2.05, 4.69) is 4.98 Å². The summed E-state index contributed by atoms with van der Waals surface area (Å²) in [4.78, 5) is 15.2. The molecule has 0 amide bonds. The van der Waals surface area contributed by atoms with Crippen molar-refractivity contribution >= 4 is 34.9 Å². The van der Waals surface area contributed by atoms with Crippen LogP contribution in [0.5, 0.6) is 0 Å². The smallest absolute Gasteiger partial charge is 0.341 e. The molecule has 0 aliphatic carbocycles. The Bertz CT molecular complexity index is 408. The molecule has 1 aromatic rings. The molecule has 0 radical (unpaired) electrons. The molecule has 1 aromatic heterocycles. The van der Waals surface area contributed by atoms with E-state index in [1.165, 1.54) is 0 Å². The first-order valence-electron chi connectivity index (χ1n) is 4.27. The van der Waals surface area contributed by atoms with E-state index in [1.807, 2.05) is 0 Å². The summed E-state index contributed by atoms with van der Waals surface area (Å²) in [6, 6.07) is 0. The van der Waals surface area contributed by atoms with Crippen molar-refractivity contribution in [3.63, 3.8) is 0 Å². The van der Waals surface area contributed by atoms with E-state index >= 15 is 0 Å². The summed E-state index contributed by atoms with van der Waals surface area (Å²) in [5, 5.41) is 0.0932. The average Bonchev–Trinajstić information content (AvgIpc) is 2.15. The van der Waals surface area contributed by atoms with Gasteiger partial charge in [-0.3, -0.25) is 0 Å². The fraction of sp³-hybridized carbons (Fsp3) is 0.333. The lowest BCUT2D eigenvalue weighted by atomic mass is 10.1. The van der Waals surface area contributed by atoms with E-state index in [0.717, 1.165) is 0 Å². The summed E-state index contributed by atoms with van der Waals surface area (Å²) in [6.45, 7) is 3.60. The highest BCUT2D eigenvalue weighted by atomic mass is 35.5. The van der Waals surface area contributed by atoms with Crippen LogP contribution in [0.3, 0.4) is 0 Å². The molecule has 0 aromatic carbocycles. The van der Waals surface area contributed by atoms with Crippen molar-refractivity contribution in [1.29, 1.82) is 0 Å². The maximum Gasteiger partial charge on any atom is 0.341 e. The standard InChI is InChI=1S/C9H10Cl2N2O2/c1-3-15-9(14)5-4(2)6(12)8(11)13-7(5)10/h3,12H2,1-2H3. The number of nitrogens with two attached hydrogens (primary N) is 1. The molecule has 0 aliphatic rings. The molecule has 1 heterocycles. The molecule has 0 aliphatic heterocycles. The Hall–Kier alpha value is -1.00. The number of rotatable bonds is 2. The van der Waals surface area contributed by atoms with Crippen LogP contribution in [0.4, 0.5) is 5.69 Å². The van der Waals surface area contributed by atoms with Crippen LogP contribution < -0.4 is 5.73 Å². The molecule has 4 nitrogen and oxygen atoms in total. The SMILES string of the molecule is CCOC(=O)c1c(Cl)nc(Cl)c(N)c1C. The second-order valence-electron chi connectivity index (χ2n) is 2.83. The lowest BCUT2D eigenvalue weighted by Crippen LogP contribution is -2.10. The van der Waals surface area contributed by atoms with Crippen LogP contribution in [0.2, 0.25) is 10.3 Å². The Morgan fingerprint density at radius 1 is 1.47 bits per heavy atom. The highest BCUT2D eigenvalue weighted by Crippen LogP contribution is 2.28. The van der Waals surface area contributed by atoms with E-state index in [4.69, 9.17) is 33.7 Å². The topological polar surface area (TPSA) is 65.2 Å². The summed E-state index contributed by atoms with van der Waals surface area (Å²) in [6.07, 6.45) is 0. The van der Waals surface area contributed by atoms with E-state index in [-0.39, 0.29) is 28.2 Å². The van der Waals surface area contributed by atoms with Gasteiger partial charge in [0, 0.05) is 0 Å². The largest absolute Gasteiger partial charge is 0.462 e. The highest BCUT2D eigenvalue weighted by molar-refractivity contribution is 6.36. The van der Waals surface area contributed by atoms with Gasteiger partial charge in [-0.2, -0.15) is 0 Å². The molecule has 0 unspecified atom stereocenters. The Balaban J connectivity index is 3.29. The first kappa shape index (κ1) is 12.1. The fourth-order valence-corrected chi connectivity index (χ4v) is 1.66. The zero-order valence-electron chi connectivity index (χ0n) is 8.30. The van der Waals surface area contributed by atoms with Crippen LogP contribution in [0.25, 0.3) is 0 Å². The highest BCUT2D eigenvalue weighted by Gasteiger charge is 2.19. The van der Waals surface area contributed by atoms with Crippen molar-refractivity contribution in [2.45, 2.75) is 13.8 Å². The van der Waals surface area contributed by atoms with Crippen molar-refractivity contribution in [3.8, 4) is 0 Å². The summed E-state index contributed by atoms with van der Waals surface area (Å²) < 4.78 is 4.82. The Labute approximate surface area is 97.3 Å². The fourth-order valence-electron chi connectivity index (χ4n) is 1.09. The summed E-state index contributed by atoms with van der Waals surface area (Å²) in [7, 11) is 0. The molecule has 0 saturated heterocycles. The van der Waals surface area contributed by atoms with Gasteiger partial charge < -0.3 is 10.5 Å². The van der Waals surface area contributed by atoms with Crippen molar-refractivity contribution in [1.82, 2.24) is 4.98 Å². The van der Waals surface area contributed by atoms with Crippen LogP contribution >= 0.6 is 23.2 Å². The maximum atomic E-state index is 11.5. The molecule has 0 atom stereocenters. The minimum atomic E-state index is -0.545.